The molecule has 31 heavy (non-hydrogen) atoms. The van der Waals surface area contributed by atoms with Crippen LogP contribution in [0.3, 0.4) is 0 Å². The van der Waals surface area contributed by atoms with Crippen LogP contribution < -0.4 is 5.32 Å². The van der Waals surface area contributed by atoms with Gasteiger partial charge in [-0.05, 0) is 40.8 Å². The quantitative estimate of drug-likeness (QED) is 0.558. The van der Waals surface area contributed by atoms with E-state index in [9.17, 15) is 19.8 Å². The Bertz CT molecular complexity index is 1090. The van der Waals surface area contributed by atoms with E-state index < -0.39 is 18.1 Å². The van der Waals surface area contributed by atoms with Crippen LogP contribution in [0.15, 0.2) is 66.7 Å². The first kappa shape index (κ1) is 20.5. The first-order chi connectivity index (χ1) is 14.9. The fraction of sp³-hybridized carbons (Fsp3) is 0.200. The number of nitrogens with one attached hydrogen (secondary N) is 1. The van der Waals surface area contributed by atoms with Crippen LogP contribution in [0.5, 0.6) is 5.75 Å². The smallest absolute Gasteiger partial charge is 0.407 e. The summed E-state index contributed by atoms with van der Waals surface area (Å²) in [4.78, 5) is 24.1. The predicted octanol–water partition coefficient (Wildman–Crippen LogP) is 4.24. The maximum Gasteiger partial charge on any atom is 0.407 e. The van der Waals surface area contributed by atoms with E-state index in [1.54, 1.807) is 12.1 Å². The summed E-state index contributed by atoms with van der Waals surface area (Å²) in [5, 5.41) is 21.9. The summed E-state index contributed by atoms with van der Waals surface area (Å²) in [6, 6.07) is 19.7. The molecule has 4 rings (SSSR count). The number of hydrogen-bond donors (Lipinski definition) is 3. The zero-order valence-corrected chi connectivity index (χ0v) is 17.0. The van der Waals surface area contributed by atoms with Crippen LogP contribution in [0.2, 0.25) is 0 Å². The van der Waals surface area contributed by atoms with Crippen molar-refractivity contribution in [3.8, 4) is 16.9 Å². The van der Waals surface area contributed by atoms with Crippen LogP contribution >= 0.6 is 0 Å². The number of hydrogen-bond acceptors (Lipinski definition) is 4. The van der Waals surface area contributed by atoms with Crippen LogP contribution in [-0.2, 0) is 16.0 Å². The number of benzene rings is 3. The molecule has 1 aliphatic carbocycles. The molecule has 1 unspecified atom stereocenters. The number of phenolic OH excluding ortho intramolecular Hbond substituents is 1. The van der Waals surface area contributed by atoms with E-state index in [4.69, 9.17) is 4.74 Å². The average molecular weight is 417 g/mol. The molecule has 0 fully saturated rings. The van der Waals surface area contributed by atoms with Gasteiger partial charge in [0, 0.05) is 12.3 Å². The van der Waals surface area contributed by atoms with E-state index in [1.165, 1.54) is 6.07 Å². The number of carbonyl (C=O) groups is 2. The predicted molar refractivity (Wildman–Crippen MR) is 116 cm³/mol. The van der Waals surface area contributed by atoms with Gasteiger partial charge in [-0.3, -0.25) is 0 Å². The second kappa shape index (κ2) is 8.52. The number of carboxylic acid groups (broad SMARTS) is 1. The zero-order chi connectivity index (χ0) is 22.0. The van der Waals surface area contributed by atoms with Crippen LogP contribution in [0, 0.1) is 6.92 Å². The van der Waals surface area contributed by atoms with Crippen molar-refractivity contribution in [2.75, 3.05) is 6.61 Å². The number of aryl methyl sites for hydroxylation is 1. The molecule has 0 radical (unpaired) electrons. The Morgan fingerprint density at radius 2 is 1.61 bits per heavy atom. The SMILES string of the molecule is Cc1ccc(O)c(CC(NC(=O)OCC2c3ccccc3-c3ccccc32)C(=O)O)c1. The number of amides is 1. The number of fused-ring (bicyclic) bond motifs is 3. The first-order valence-corrected chi connectivity index (χ1v) is 10.1. The zero-order valence-electron chi connectivity index (χ0n) is 17.0. The van der Waals surface area contributed by atoms with Gasteiger partial charge in [-0.2, -0.15) is 0 Å². The lowest BCUT2D eigenvalue weighted by molar-refractivity contribution is -0.139. The van der Waals surface area contributed by atoms with Crippen molar-refractivity contribution < 1.29 is 24.5 Å². The van der Waals surface area contributed by atoms with Gasteiger partial charge in [0.05, 0.1) is 0 Å². The minimum atomic E-state index is -1.22. The van der Waals surface area contributed by atoms with Gasteiger partial charge in [0.25, 0.3) is 0 Å². The number of aliphatic carboxylic acids is 1. The van der Waals surface area contributed by atoms with Gasteiger partial charge < -0.3 is 20.3 Å². The molecule has 0 heterocycles. The van der Waals surface area contributed by atoms with Gasteiger partial charge in [-0.15, -0.1) is 0 Å². The Hall–Kier alpha value is -3.80. The molecule has 0 aliphatic heterocycles. The Morgan fingerprint density at radius 3 is 2.23 bits per heavy atom. The molecule has 6 heteroatoms. The molecule has 0 spiro atoms. The molecule has 3 N–H and O–H groups in total. The summed E-state index contributed by atoms with van der Waals surface area (Å²) in [7, 11) is 0. The van der Waals surface area contributed by atoms with Crippen LogP contribution in [0.1, 0.15) is 28.2 Å². The highest BCUT2D eigenvalue weighted by Gasteiger charge is 2.30. The molecule has 1 amide bonds. The molecule has 0 saturated carbocycles. The highest BCUT2D eigenvalue weighted by atomic mass is 16.5. The van der Waals surface area contributed by atoms with E-state index in [0.717, 1.165) is 27.8 Å². The molecule has 3 aromatic rings. The Labute approximate surface area is 180 Å². The standard InChI is InChI=1S/C25H23NO5/c1-15-10-11-23(27)16(12-15)13-22(24(28)29)26-25(30)31-14-21-19-8-4-2-6-17(19)18-7-3-5-9-20(18)21/h2-12,21-22,27H,13-14H2,1H3,(H,26,30)(H,28,29). The summed E-state index contributed by atoms with van der Waals surface area (Å²) >= 11 is 0. The summed E-state index contributed by atoms with van der Waals surface area (Å²) in [6.45, 7) is 1.94. The van der Waals surface area contributed by atoms with Crippen LogP contribution in [-0.4, -0.2) is 34.9 Å². The summed E-state index contributed by atoms with van der Waals surface area (Å²) in [5.74, 6) is -1.32. The number of ether oxygens (including phenoxy) is 1. The van der Waals surface area contributed by atoms with Crippen LogP contribution in [0.25, 0.3) is 11.1 Å². The second-order valence-corrected chi connectivity index (χ2v) is 7.70. The fourth-order valence-corrected chi connectivity index (χ4v) is 4.08. The lowest BCUT2D eigenvalue weighted by Crippen LogP contribution is -2.42. The molecular formula is C25H23NO5. The third-order valence-electron chi connectivity index (χ3n) is 5.59. The monoisotopic (exact) mass is 417 g/mol. The third-order valence-corrected chi connectivity index (χ3v) is 5.59. The number of phenols is 1. The second-order valence-electron chi connectivity index (χ2n) is 7.70. The molecule has 158 valence electrons. The van der Waals surface area contributed by atoms with E-state index in [2.05, 4.69) is 5.32 Å². The lowest BCUT2D eigenvalue weighted by atomic mass is 9.98. The van der Waals surface area contributed by atoms with Crippen molar-refractivity contribution in [3.63, 3.8) is 0 Å². The number of carbonyl (C=O) groups excluding carboxylic acids is 1. The molecule has 0 aromatic heterocycles. The minimum Gasteiger partial charge on any atom is -0.508 e. The Morgan fingerprint density at radius 1 is 1.00 bits per heavy atom. The van der Waals surface area contributed by atoms with Gasteiger partial charge in [0.1, 0.15) is 18.4 Å². The summed E-state index contributed by atoms with van der Waals surface area (Å²) in [5.41, 5.74) is 5.73. The van der Waals surface area contributed by atoms with E-state index in [-0.39, 0.29) is 24.7 Å². The summed E-state index contributed by atoms with van der Waals surface area (Å²) < 4.78 is 5.44. The maximum atomic E-state index is 12.4. The lowest BCUT2D eigenvalue weighted by Gasteiger charge is -2.18. The van der Waals surface area contributed by atoms with Crippen molar-refractivity contribution in [1.29, 1.82) is 0 Å². The van der Waals surface area contributed by atoms with Gasteiger partial charge in [0.15, 0.2) is 0 Å². The average Bonchev–Trinajstić information content (AvgIpc) is 3.08. The van der Waals surface area contributed by atoms with E-state index in [1.807, 2.05) is 55.5 Å². The molecule has 0 saturated heterocycles. The van der Waals surface area contributed by atoms with Crippen molar-refractivity contribution in [2.45, 2.75) is 25.3 Å². The Balaban J connectivity index is 1.45. The molecule has 1 aliphatic rings. The minimum absolute atomic E-state index is 0.00816. The van der Waals surface area contributed by atoms with E-state index in [0.29, 0.717) is 5.56 Å². The highest BCUT2D eigenvalue weighted by molar-refractivity contribution is 5.81. The van der Waals surface area contributed by atoms with Crippen molar-refractivity contribution >= 4 is 12.1 Å². The van der Waals surface area contributed by atoms with E-state index >= 15 is 0 Å². The maximum absolute atomic E-state index is 12.4. The number of alkyl carbamates (subject to hydrolysis) is 1. The Kier molecular flexibility index (Phi) is 5.62. The first-order valence-electron chi connectivity index (χ1n) is 10.1. The van der Waals surface area contributed by atoms with Crippen LogP contribution in [0.4, 0.5) is 4.79 Å². The van der Waals surface area contributed by atoms with Gasteiger partial charge in [-0.1, -0.05) is 66.2 Å². The van der Waals surface area contributed by atoms with Crippen molar-refractivity contribution in [1.82, 2.24) is 5.32 Å². The normalized spacial score (nSPS) is 13.2. The largest absolute Gasteiger partial charge is 0.508 e. The third kappa shape index (κ3) is 4.23. The topological polar surface area (TPSA) is 95.9 Å². The fourth-order valence-electron chi connectivity index (χ4n) is 4.08. The van der Waals surface area contributed by atoms with Gasteiger partial charge in [-0.25, -0.2) is 9.59 Å². The van der Waals surface area contributed by atoms with Crippen molar-refractivity contribution in [3.05, 3.63) is 89.0 Å². The van der Waals surface area contributed by atoms with Crippen molar-refractivity contribution in [2.24, 2.45) is 0 Å². The molecule has 3 aromatic carbocycles. The molecule has 6 nitrogen and oxygen atoms in total. The highest BCUT2D eigenvalue weighted by Crippen LogP contribution is 2.44. The number of aromatic hydroxyl groups is 1. The van der Waals surface area contributed by atoms with Gasteiger partial charge in [0.2, 0.25) is 0 Å². The van der Waals surface area contributed by atoms with Gasteiger partial charge >= 0.3 is 12.1 Å². The summed E-state index contributed by atoms with van der Waals surface area (Å²) in [6.07, 6.45) is -0.853. The molecular weight excluding hydrogens is 394 g/mol. The number of rotatable bonds is 6. The molecule has 0 bridgehead atoms. The molecule has 1 atom stereocenters. The number of carboxylic acids is 1.